The third kappa shape index (κ3) is 1.45. The van der Waals surface area contributed by atoms with E-state index in [9.17, 15) is 0 Å². The largest absolute Gasteiger partial charge is 0.237 e. The molecule has 2 atom stereocenters. The van der Waals surface area contributed by atoms with Crippen LogP contribution in [-0.4, -0.2) is 9.97 Å². The number of hydrogen-bond acceptors (Lipinski definition) is 4. The highest BCUT2D eigenvalue weighted by atomic mass is 32.1. The minimum Gasteiger partial charge on any atom is -0.237 e. The summed E-state index contributed by atoms with van der Waals surface area (Å²) in [6.45, 7) is 0. The molecule has 0 fully saturated rings. The van der Waals surface area contributed by atoms with Crippen molar-refractivity contribution in [3.05, 3.63) is 35.4 Å². The van der Waals surface area contributed by atoms with Gasteiger partial charge in [-0.1, -0.05) is 12.2 Å². The average molecular weight is 272 g/mol. The van der Waals surface area contributed by atoms with Crippen LogP contribution in [0.25, 0.3) is 11.0 Å². The molecule has 18 heavy (non-hydrogen) atoms. The molecule has 1 heterocycles. The van der Waals surface area contributed by atoms with Crippen molar-refractivity contribution < 1.29 is 0 Å². The normalized spacial score (nSPS) is 24.6. The Balaban J connectivity index is 2.03. The molecule has 0 spiro atoms. The first-order valence-electron chi connectivity index (χ1n) is 6.14. The molecule has 0 amide bonds. The van der Waals surface area contributed by atoms with E-state index in [-0.39, 0.29) is 0 Å². The van der Waals surface area contributed by atoms with Crippen molar-refractivity contribution in [2.24, 2.45) is 0 Å². The van der Waals surface area contributed by atoms with Crippen LogP contribution in [0.15, 0.2) is 34.3 Å². The third-order valence-corrected chi connectivity index (χ3v) is 4.80. The molecular formula is C14H12N2S2. The summed E-state index contributed by atoms with van der Waals surface area (Å²) in [4.78, 5) is 8.94. The van der Waals surface area contributed by atoms with Crippen LogP contribution in [0.4, 0.5) is 0 Å². The minimum atomic E-state index is 0.565. The molecule has 0 N–H and O–H groups in total. The first-order chi connectivity index (χ1) is 8.72. The lowest BCUT2D eigenvalue weighted by Crippen LogP contribution is -2.17. The van der Waals surface area contributed by atoms with E-state index >= 15 is 0 Å². The number of nitrogens with zero attached hydrogens (tertiary/aromatic N) is 2. The maximum absolute atomic E-state index is 4.47. The first kappa shape index (κ1) is 10.9. The van der Waals surface area contributed by atoms with Crippen LogP contribution in [0.2, 0.25) is 0 Å². The van der Waals surface area contributed by atoms with Crippen molar-refractivity contribution in [2.45, 2.75) is 34.7 Å². The Bertz CT molecular complexity index is 635. The average Bonchev–Trinajstić information content (AvgIpc) is 2.39. The fraction of sp³-hybridized carbons (Fsp3) is 0.286. The Hall–Kier alpha value is -1.000. The zero-order valence-corrected chi connectivity index (χ0v) is 11.5. The summed E-state index contributed by atoms with van der Waals surface area (Å²) >= 11 is 8.58. The van der Waals surface area contributed by atoms with Gasteiger partial charge in [0.15, 0.2) is 0 Å². The quantitative estimate of drug-likeness (QED) is 0.564. The van der Waals surface area contributed by atoms with Gasteiger partial charge < -0.3 is 0 Å². The number of rotatable bonds is 0. The summed E-state index contributed by atoms with van der Waals surface area (Å²) in [5.74, 6) is 1.13. The minimum absolute atomic E-state index is 0.565. The topological polar surface area (TPSA) is 25.8 Å². The van der Waals surface area contributed by atoms with Crippen molar-refractivity contribution in [1.29, 1.82) is 0 Å². The summed E-state index contributed by atoms with van der Waals surface area (Å²) in [5.41, 5.74) is 4.71. The highest BCUT2D eigenvalue weighted by molar-refractivity contribution is 7.83. The SMILES string of the molecule is Sc1nc2cc3c(cc2nc1S)C1C=CC3CC1. The zero-order chi connectivity index (χ0) is 12.3. The van der Waals surface area contributed by atoms with Crippen molar-refractivity contribution >= 4 is 36.3 Å². The molecule has 4 heteroatoms. The van der Waals surface area contributed by atoms with Gasteiger partial charge in [-0.3, -0.25) is 0 Å². The third-order valence-electron chi connectivity index (χ3n) is 4.00. The molecule has 2 nitrogen and oxygen atoms in total. The summed E-state index contributed by atoms with van der Waals surface area (Å²) in [5, 5.41) is 1.20. The molecule has 2 unspecified atom stereocenters. The Morgan fingerprint density at radius 2 is 1.28 bits per heavy atom. The Kier molecular flexibility index (Phi) is 2.26. The van der Waals surface area contributed by atoms with Gasteiger partial charge in [-0.15, -0.1) is 25.3 Å². The van der Waals surface area contributed by atoms with Crippen LogP contribution >= 0.6 is 25.3 Å². The molecule has 2 aromatic rings. The second kappa shape index (κ2) is 3.75. The molecule has 0 saturated carbocycles. The number of benzene rings is 1. The van der Waals surface area contributed by atoms with E-state index in [0.29, 0.717) is 21.9 Å². The van der Waals surface area contributed by atoms with E-state index in [0.717, 1.165) is 11.0 Å². The van der Waals surface area contributed by atoms with E-state index in [4.69, 9.17) is 0 Å². The molecule has 3 aliphatic rings. The maximum atomic E-state index is 4.47. The molecule has 3 aliphatic carbocycles. The van der Waals surface area contributed by atoms with Crippen LogP contribution in [0.1, 0.15) is 35.8 Å². The first-order valence-corrected chi connectivity index (χ1v) is 7.03. The fourth-order valence-corrected chi connectivity index (χ4v) is 3.41. The predicted octanol–water partition coefficient (Wildman–Crippen LogP) is 3.74. The Morgan fingerprint density at radius 1 is 0.833 bits per heavy atom. The van der Waals surface area contributed by atoms with Crippen LogP contribution < -0.4 is 0 Å². The van der Waals surface area contributed by atoms with Crippen LogP contribution in [0.3, 0.4) is 0 Å². The Labute approximate surface area is 116 Å². The lowest BCUT2D eigenvalue weighted by molar-refractivity contribution is 0.554. The van der Waals surface area contributed by atoms with Crippen molar-refractivity contribution in [3.8, 4) is 0 Å². The van der Waals surface area contributed by atoms with E-state index in [1.54, 1.807) is 0 Å². The fourth-order valence-electron chi connectivity index (χ4n) is 3.10. The second-order valence-electron chi connectivity index (χ2n) is 5.02. The predicted molar refractivity (Wildman–Crippen MR) is 77.9 cm³/mol. The van der Waals surface area contributed by atoms with Gasteiger partial charge in [0.25, 0.3) is 0 Å². The highest BCUT2D eigenvalue weighted by Crippen LogP contribution is 2.45. The highest BCUT2D eigenvalue weighted by Gasteiger charge is 2.29. The number of aromatic nitrogens is 2. The number of allylic oxidation sites excluding steroid dienone is 2. The lowest BCUT2D eigenvalue weighted by atomic mass is 9.71. The summed E-state index contributed by atoms with van der Waals surface area (Å²) in [6, 6.07) is 4.37. The van der Waals surface area contributed by atoms with Gasteiger partial charge in [0.1, 0.15) is 10.1 Å². The van der Waals surface area contributed by atoms with Crippen molar-refractivity contribution in [1.82, 2.24) is 9.97 Å². The number of hydrogen-bond donors (Lipinski definition) is 2. The van der Waals surface area contributed by atoms with Gasteiger partial charge in [0.2, 0.25) is 0 Å². The molecule has 2 bridgehead atoms. The molecule has 0 radical (unpaired) electrons. The van der Waals surface area contributed by atoms with Gasteiger partial charge in [0, 0.05) is 11.8 Å². The summed E-state index contributed by atoms with van der Waals surface area (Å²) < 4.78 is 0. The van der Waals surface area contributed by atoms with Crippen molar-refractivity contribution in [3.63, 3.8) is 0 Å². The summed E-state index contributed by atoms with van der Waals surface area (Å²) in [6.07, 6.45) is 7.19. The molecule has 0 aliphatic heterocycles. The van der Waals surface area contributed by atoms with Gasteiger partial charge in [-0.25, -0.2) is 9.97 Å². The molecule has 1 aromatic carbocycles. The maximum Gasteiger partial charge on any atom is 0.126 e. The molecule has 90 valence electrons. The van der Waals surface area contributed by atoms with E-state index in [1.807, 2.05) is 0 Å². The number of thiol groups is 2. The standard InChI is InChI=1S/C14H12N2S2/c17-13-14(18)16-12-6-10-8-2-1-7(3-4-8)9(10)5-11(12)15-13/h1-2,5-8H,3-4H2,(H,15,17)(H,16,18). The van der Waals surface area contributed by atoms with E-state index in [2.05, 4.69) is 59.5 Å². The summed E-state index contributed by atoms with van der Waals surface area (Å²) in [7, 11) is 0. The van der Waals surface area contributed by atoms with Crippen LogP contribution in [0.5, 0.6) is 0 Å². The van der Waals surface area contributed by atoms with Gasteiger partial charge in [-0.2, -0.15) is 0 Å². The van der Waals surface area contributed by atoms with E-state index in [1.165, 1.54) is 24.0 Å². The molecular weight excluding hydrogens is 260 g/mol. The van der Waals surface area contributed by atoms with Crippen LogP contribution in [0, 0.1) is 0 Å². The van der Waals surface area contributed by atoms with E-state index < -0.39 is 0 Å². The monoisotopic (exact) mass is 272 g/mol. The molecule has 0 saturated heterocycles. The van der Waals surface area contributed by atoms with Crippen molar-refractivity contribution in [2.75, 3.05) is 0 Å². The van der Waals surface area contributed by atoms with Crippen LogP contribution in [-0.2, 0) is 0 Å². The number of fused-ring (bicyclic) bond motifs is 2. The smallest absolute Gasteiger partial charge is 0.126 e. The van der Waals surface area contributed by atoms with Gasteiger partial charge >= 0.3 is 0 Å². The Morgan fingerprint density at radius 3 is 1.67 bits per heavy atom. The molecule has 1 aromatic heterocycles. The zero-order valence-electron chi connectivity index (χ0n) is 9.67. The van der Waals surface area contributed by atoms with Gasteiger partial charge in [0.05, 0.1) is 11.0 Å². The molecule has 5 rings (SSSR count). The second-order valence-corrected chi connectivity index (χ2v) is 5.86. The lowest BCUT2D eigenvalue weighted by Gasteiger charge is -2.33. The van der Waals surface area contributed by atoms with Gasteiger partial charge in [-0.05, 0) is 36.1 Å².